The maximum atomic E-state index is 10.9. The van der Waals surface area contributed by atoms with E-state index in [9.17, 15) is 34.7 Å². The first-order valence-corrected chi connectivity index (χ1v) is 4.76. The first-order chi connectivity index (χ1) is 8.73. The van der Waals surface area contributed by atoms with Gasteiger partial charge in [-0.25, -0.2) is 0 Å². The number of amides is 1. The molecule has 19 heavy (non-hydrogen) atoms. The number of nitrogens with one attached hydrogen (secondary N) is 1. The monoisotopic (exact) mass is 266 g/mol. The number of carboxylic acid groups (broad SMARTS) is 2. The van der Waals surface area contributed by atoms with Crippen LogP contribution in [0.15, 0.2) is 12.1 Å². The Kier molecular flexibility index (Phi) is 3.80. The number of carbonyl (C=O) groups is 3. The second-order valence-electron chi connectivity index (χ2n) is 3.43. The minimum Gasteiger partial charge on any atom is -0.545 e. The van der Waals surface area contributed by atoms with E-state index in [0.717, 1.165) is 6.92 Å². The Bertz CT molecular complexity index is 594. The zero-order chi connectivity index (χ0) is 14.7. The summed E-state index contributed by atoms with van der Waals surface area (Å²) >= 11 is 0. The van der Waals surface area contributed by atoms with Gasteiger partial charge in [-0.15, -0.1) is 0 Å². The lowest BCUT2D eigenvalue weighted by atomic mass is 10.1. The van der Waals surface area contributed by atoms with Crippen molar-refractivity contribution in [2.45, 2.75) is 6.92 Å². The average Bonchev–Trinajstić information content (AvgIpc) is 2.26. The molecule has 9 heteroatoms. The lowest BCUT2D eigenvalue weighted by Crippen LogP contribution is -2.28. The largest absolute Gasteiger partial charge is 0.545 e. The van der Waals surface area contributed by atoms with Gasteiger partial charge in [0.2, 0.25) is 5.91 Å². The van der Waals surface area contributed by atoms with Crippen molar-refractivity contribution < 1.29 is 29.5 Å². The second kappa shape index (κ2) is 5.12. The van der Waals surface area contributed by atoms with Crippen molar-refractivity contribution in [3.8, 4) is 0 Å². The zero-order valence-electron chi connectivity index (χ0n) is 9.46. The topological polar surface area (TPSA) is 152 Å². The van der Waals surface area contributed by atoms with Gasteiger partial charge in [0.1, 0.15) is 0 Å². The van der Waals surface area contributed by atoms with Crippen LogP contribution in [0.3, 0.4) is 0 Å². The molecule has 0 aliphatic carbocycles. The molecule has 0 saturated heterocycles. The Balaban J connectivity index is 3.59. The summed E-state index contributed by atoms with van der Waals surface area (Å²) in [5.74, 6) is -4.39. The second-order valence-corrected chi connectivity index (χ2v) is 3.43. The fourth-order valence-electron chi connectivity index (χ4n) is 1.36. The third-order valence-electron chi connectivity index (χ3n) is 2.08. The summed E-state index contributed by atoms with van der Waals surface area (Å²) in [6, 6.07) is 1.13. The standard InChI is InChI=1S/C10H8N2O7/c1-4(13)11-7-3-8(12(18)19)6(10(16)17)2-5(7)9(14)15/h2-3H,1H3,(H,11,13)(H,14,15)(H,16,17)/p-2. The molecule has 1 N–H and O–H groups in total. The van der Waals surface area contributed by atoms with E-state index in [1.165, 1.54) is 0 Å². The highest BCUT2D eigenvalue weighted by atomic mass is 16.6. The Morgan fingerprint density at radius 3 is 2.00 bits per heavy atom. The van der Waals surface area contributed by atoms with E-state index in [4.69, 9.17) is 0 Å². The first kappa shape index (κ1) is 14.1. The molecule has 0 radical (unpaired) electrons. The molecule has 0 unspecified atom stereocenters. The first-order valence-electron chi connectivity index (χ1n) is 4.76. The molecule has 0 aliphatic rings. The van der Waals surface area contributed by atoms with Crippen LogP contribution in [0, 0.1) is 10.1 Å². The molecule has 0 saturated carbocycles. The third kappa shape index (κ3) is 3.03. The van der Waals surface area contributed by atoms with Crippen molar-refractivity contribution in [2.75, 3.05) is 5.32 Å². The summed E-state index contributed by atoms with van der Waals surface area (Å²) in [5.41, 5.74) is -2.93. The van der Waals surface area contributed by atoms with Crippen LogP contribution in [0.2, 0.25) is 0 Å². The van der Waals surface area contributed by atoms with E-state index < -0.39 is 45.3 Å². The number of hydrogen-bond donors (Lipinski definition) is 1. The van der Waals surface area contributed by atoms with Crippen LogP contribution in [-0.2, 0) is 4.79 Å². The number of benzene rings is 1. The highest BCUT2D eigenvalue weighted by molar-refractivity contribution is 6.03. The van der Waals surface area contributed by atoms with Crippen molar-refractivity contribution in [1.82, 2.24) is 0 Å². The van der Waals surface area contributed by atoms with Gasteiger partial charge >= 0.3 is 0 Å². The van der Waals surface area contributed by atoms with Gasteiger partial charge in [-0.05, 0) is 6.07 Å². The molecular weight excluding hydrogens is 260 g/mol. The average molecular weight is 266 g/mol. The highest BCUT2D eigenvalue weighted by Gasteiger charge is 2.20. The van der Waals surface area contributed by atoms with Crippen molar-refractivity contribution >= 4 is 29.2 Å². The fraction of sp³-hybridized carbons (Fsp3) is 0.100. The molecule has 0 heterocycles. The third-order valence-corrected chi connectivity index (χ3v) is 2.08. The van der Waals surface area contributed by atoms with Crippen LogP contribution in [0.5, 0.6) is 0 Å². The number of rotatable bonds is 4. The summed E-state index contributed by atoms with van der Waals surface area (Å²) in [6.07, 6.45) is 0. The minimum absolute atomic E-state index is 0.427. The van der Waals surface area contributed by atoms with E-state index in [0.29, 0.717) is 12.1 Å². The van der Waals surface area contributed by atoms with Crippen LogP contribution < -0.4 is 15.5 Å². The molecule has 0 bridgehead atoms. The number of hydrogen-bond acceptors (Lipinski definition) is 7. The summed E-state index contributed by atoms with van der Waals surface area (Å²) in [4.78, 5) is 42.0. The number of carboxylic acids is 2. The Labute approximate surface area is 105 Å². The van der Waals surface area contributed by atoms with Crippen LogP contribution >= 0.6 is 0 Å². The van der Waals surface area contributed by atoms with E-state index in [2.05, 4.69) is 0 Å². The van der Waals surface area contributed by atoms with Gasteiger partial charge in [0.25, 0.3) is 5.69 Å². The maximum absolute atomic E-state index is 10.9. The van der Waals surface area contributed by atoms with Crippen LogP contribution in [0.4, 0.5) is 11.4 Å². The molecule has 0 atom stereocenters. The molecule has 1 amide bonds. The molecule has 1 aromatic carbocycles. The normalized spacial score (nSPS) is 9.74. The van der Waals surface area contributed by atoms with E-state index >= 15 is 0 Å². The molecule has 0 fully saturated rings. The van der Waals surface area contributed by atoms with E-state index in [-0.39, 0.29) is 0 Å². The van der Waals surface area contributed by atoms with Crippen LogP contribution in [-0.4, -0.2) is 22.8 Å². The fourth-order valence-corrected chi connectivity index (χ4v) is 1.36. The van der Waals surface area contributed by atoms with Crippen molar-refractivity contribution in [2.24, 2.45) is 0 Å². The maximum Gasteiger partial charge on any atom is 0.280 e. The van der Waals surface area contributed by atoms with Gasteiger partial charge in [0, 0.05) is 18.6 Å². The number of nitrogens with zero attached hydrogens (tertiary/aromatic N) is 1. The van der Waals surface area contributed by atoms with Gasteiger partial charge in [-0.2, -0.15) is 0 Å². The Morgan fingerprint density at radius 1 is 1.11 bits per heavy atom. The van der Waals surface area contributed by atoms with Crippen molar-refractivity contribution in [3.63, 3.8) is 0 Å². The smallest absolute Gasteiger partial charge is 0.280 e. The number of aromatic carboxylic acids is 2. The lowest BCUT2D eigenvalue weighted by Gasteiger charge is -2.13. The van der Waals surface area contributed by atoms with Crippen LogP contribution in [0.1, 0.15) is 27.6 Å². The molecule has 1 rings (SSSR count). The SMILES string of the molecule is CC(=O)Nc1cc([N+](=O)[O-])c(C(=O)[O-])cc1C(=O)[O-]. The quantitative estimate of drug-likeness (QED) is 0.502. The number of nitro groups is 1. The molecule has 0 aliphatic heterocycles. The van der Waals surface area contributed by atoms with Gasteiger partial charge < -0.3 is 25.1 Å². The minimum atomic E-state index is -1.91. The van der Waals surface area contributed by atoms with E-state index in [1.54, 1.807) is 0 Å². The zero-order valence-corrected chi connectivity index (χ0v) is 9.46. The van der Waals surface area contributed by atoms with Crippen LogP contribution in [0.25, 0.3) is 0 Å². The Hall–Kier alpha value is -2.97. The molecule has 9 nitrogen and oxygen atoms in total. The molecule has 100 valence electrons. The highest BCUT2D eigenvalue weighted by Crippen LogP contribution is 2.27. The van der Waals surface area contributed by atoms with Crippen molar-refractivity contribution in [3.05, 3.63) is 33.4 Å². The summed E-state index contributed by atoms with van der Waals surface area (Å²) in [7, 11) is 0. The van der Waals surface area contributed by atoms with Crippen molar-refractivity contribution in [1.29, 1.82) is 0 Å². The van der Waals surface area contributed by atoms with Gasteiger partial charge in [0.15, 0.2) is 0 Å². The predicted molar refractivity (Wildman–Crippen MR) is 56.1 cm³/mol. The molecule has 0 aromatic heterocycles. The Morgan fingerprint density at radius 2 is 1.63 bits per heavy atom. The van der Waals surface area contributed by atoms with Gasteiger partial charge in [0.05, 0.1) is 28.1 Å². The summed E-state index contributed by atoms with van der Waals surface area (Å²) in [6.45, 7) is 1.05. The van der Waals surface area contributed by atoms with Gasteiger partial charge in [-0.1, -0.05) is 0 Å². The van der Waals surface area contributed by atoms with E-state index in [1.807, 2.05) is 5.32 Å². The lowest BCUT2D eigenvalue weighted by molar-refractivity contribution is -0.385. The number of anilines is 1. The van der Waals surface area contributed by atoms with Gasteiger partial charge in [-0.3, -0.25) is 14.9 Å². The molecular formula is C10H6N2O7-2. The molecule has 1 aromatic rings. The number of carbonyl (C=O) groups excluding carboxylic acids is 3. The molecule has 0 spiro atoms. The summed E-state index contributed by atoms with van der Waals surface area (Å²) < 4.78 is 0. The predicted octanol–water partition coefficient (Wildman–Crippen LogP) is -1.72. The number of nitro benzene ring substituents is 1. The summed E-state index contributed by atoms with van der Waals surface area (Å²) in [5, 5.41) is 34.3.